The number of likely N-dealkylation sites (tertiary alicyclic amines) is 1. The zero-order chi connectivity index (χ0) is 12.3. The number of amides is 1. The highest BCUT2D eigenvalue weighted by Gasteiger charge is 2.36. The van der Waals surface area contributed by atoms with Gasteiger partial charge in [-0.25, -0.2) is 4.79 Å². The van der Waals surface area contributed by atoms with Crippen LogP contribution in [0.4, 0.5) is 4.79 Å². The average molecular weight is 234 g/mol. The predicted molar refractivity (Wildman–Crippen MR) is 66.0 cm³/mol. The van der Waals surface area contributed by atoms with Crippen LogP contribution in [0.2, 0.25) is 0 Å². The summed E-state index contributed by atoms with van der Waals surface area (Å²) in [5, 5.41) is 8.95. The Morgan fingerprint density at radius 3 is 2.35 bits per heavy atom. The maximum Gasteiger partial charge on any atom is 0.407 e. The minimum atomic E-state index is -0.830. The van der Waals surface area contributed by atoms with Crippen molar-refractivity contribution in [3.05, 3.63) is 35.9 Å². The summed E-state index contributed by atoms with van der Waals surface area (Å²) >= 11 is 0. The van der Waals surface area contributed by atoms with E-state index in [0.29, 0.717) is 19.6 Å². The fraction of sp³-hybridized carbons (Fsp3) is 0.462. The fourth-order valence-electron chi connectivity index (χ4n) is 2.53. The number of hydrogen-bond donors (Lipinski definition) is 2. The van der Waals surface area contributed by atoms with Crippen LogP contribution >= 0.6 is 0 Å². The first-order valence-corrected chi connectivity index (χ1v) is 5.91. The van der Waals surface area contributed by atoms with Gasteiger partial charge in [0, 0.05) is 25.0 Å². The largest absolute Gasteiger partial charge is 0.465 e. The smallest absolute Gasteiger partial charge is 0.407 e. The second-order valence-electron chi connectivity index (χ2n) is 4.62. The van der Waals surface area contributed by atoms with Crippen LogP contribution in [0.1, 0.15) is 18.4 Å². The Hall–Kier alpha value is -1.55. The lowest BCUT2D eigenvalue weighted by Gasteiger charge is -2.40. The Labute approximate surface area is 101 Å². The topological polar surface area (TPSA) is 66.6 Å². The molecule has 1 aromatic rings. The molecule has 0 spiro atoms. The molecule has 1 aliphatic heterocycles. The van der Waals surface area contributed by atoms with Gasteiger partial charge in [0.25, 0.3) is 0 Å². The standard InChI is InChI=1S/C13H18N2O2/c14-10-13(11-4-2-1-3-5-11)6-8-15(9-7-13)12(16)17/h1-5H,6-10,14H2,(H,16,17). The van der Waals surface area contributed by atoms with E-state index >= 15 is 0 Å². The van der Waals surface area contributed by atoms with E-state index in [2.05, 4.69) is 12.1 Å². The van der Waals surface area contributed by atoms with E-state index in [-0.39, 0.29) is 5.41 Å². The van der Waals surface area contributed by atoms with E-state index < -0.39 is 6.09 Å². The molecule has 1 fully saturated rings. The van der Waals surface area contributed by atoms with Gasteiger partial charge in [-0.15, -0.1) is 0 Å². The highest BCUT2D eigenvalue weighted by atomic mass is 16.4. The summed E-state index contributed by atoms with van der Waals surface area (Å²) < 4.78 is 0. The molecule has 1 amide bonds. The fourth-order valence-corrected chi connectivity index (χ4v) is 2.53. The van der Waals surface area contributed by atoms with Crippen molar-refractivity contribution in [2.75, 3.05) is 19.6 Å². The normalized spacial score (nSPS) is 19.0. The van der Waals surface area contributed by atoms with Gasteiger partial charge in [-0.2, -0.15) is 0 Å². The molecule has 1 saturated heterocycles. The van der Waals surface area contributed by atoms with Crippen molar-refractivity contribution < 1.29 is 9.90 Å². The number of piperidine rings is 1. The van der Waals surface area contributed by atoms with Crippen LogP contribution in [-0.2, 0) is 5.41 Å². The molecule has 0 unspecified atom stereocenters. The third-order valence-corrected chi connectivity index (χ3v) is 3.77. The summed E-state index contributed by atoms with van der Waals surface area (Å²) in [6.07, 6.45) is 0.781. The molecule has 3 N–H and O–H groups in total. The third kappa shape index (κ3) is 2.26. The van der Waals surface area contributed by atoms with E-state index in [1.54, 1.807) is 0 Å². The molecular formula is C13H18N2O2. The van der Waals surface area contributed by atoms with E-state index in [1.165, 1.54) is 10.5 Å². The number of benzene rings is 1. The number of carboxylic acid groups (broad SMARTS) is 1. The predicted octanol–water partition coefficient (Wildman–Crippen LogP) is 1.66. The van der Waals surface area contributed by atoms with Gasteiger partial charge in [0.1, 0.15) is 0 Å². The van der Waals surface area contributed by atoms with Gasteiger partial charge in [0.15, 0.2) is 0 Å². The second kappa shape index (κ2) is 4.75. The zero-order valence-corrected chi connectivity index (χ0v) is 9.80. The Morgan fingerprint density at radius 1 is 1.29 bits per heavy atom. The van der Waals surface area contributed by atoms with Crippen molar-refractivity contribution in [3.8, 4) is 0 Å². The Bertz CT molecular complexity index is 384. The van der Waals surface area contributed by atoms with Crippen LogP contribution in [-0.4, -0.2) is 35.7 Å². The van der Waals surface area contributed by atoms with Crippen LogP contribution < -0.4 is 5.73 Å². The van der Waals surface area contributed by atoms with E-state index in [4.69, 9.17) is 10.8 Å². The Balaban J connectivity index is 2.16. The van der Waals surface area contributed by atoms with Crippen molar-refractivity contribution in [1.82, 2.24) is 4.90 Å². The maximum absolute atomic E-state index is 10.9. The minimum Gasteiger partial charge on any atom is -0.465 e. The lowest BCUT2D eigenvalue weighted by molar-refractivity contribution is 0.117. The maximum atomic E-state index is 10.9. The van der Waals surface area contributed by atoms with Crippen molar-refractivity contribution in [3.63, 3.8) is 0 Å². The van der Waals surface area contributed by atoms with Crippen molar-refractivity contribution in [2.24, 2.45) is 5.73 Å². The zero-order valence-electron chi connectivity index (χ0n) is 9.80. The first-order chi connectivity index (χ1) is 8.18. The number of nitrogens with two attached hydrogens (primary N) is 1. The number of rotatable bonds is 2. The number of nitrogens with zero attached hydrogens (tertiary/aromatic N) is 1. The average Bonchev–Trinajstić information content (AvgIpc) is 2.40. The molecule has 1 aromatic carbocycles. The Morgan fingerprint density at radius 2 is 1.88 bits per heavy atom. The molecule has 0 aromatic heterocycles. The quantitative estimate of drug-likeness (QED) is 0.817. The molecule has 4 heteroatoms. The van der Waals surface area contributed by atoms with Gasteiger partial charge in [0.2, 0.25) is 0 Å². The van der Waals surface area contributed by atoms with E-state index in [9.17, 15) is 4.79 Å². The molecule has 1 heterocycles. The molecule has 0 atom stereocenters. The highest BCUT2D eigenvalue weighted by molar-refractivity contribution is 5.65. The van der Waals surface area contributed by atoms with E-state index in [1.807, 2.05) is 18.2 Å². The molecule has 92 valence electrons. The van der Waals surface area contributed by atoms with Crippen LogP contribution in [0.3, 0.4) is 0 Å². The van der Waals surface area contributed by atoms with Gasteiger partial charge in [0.05, 0.1) is 0 Å². The summed E-state index contributed by atoms with van der Waals surface area (Å²) in [7, 11) is 0. The van der Waals surface area contributed by atoms with Gasteiger partial charge in [-0.1, -0.05) is 30.3 Å². The SMILES string of the molecule is NCC1(c2ccccc2)CCN(C(=O)O)CC1. The Kier molecular flexibility index (Phi) is 3.33. The number of carbonyl (C=O) groups is 1. The van der Waals surface area contributed by atoms with Crippen LogP contribution in [0.15, 0.2) is 30.3 Å². The van der Waals surface area contributed by atoms with E-state index in [0.717, 1.165) is 12.8 Å². The summed E-state index contributed by atoms with van der Waals surface area (Å²) in [4.78, 5) is 12.4. The van der Waals surface area contributed by atoms with Crippen molar-refractivity contribution in [2.45, 2.75) is 18.3 Å². The van der Waals surface area contributed by atoms with Crippen LogP contribution in [0.25, 0.3) is 0 Å². The third-order valence-electron chi connectivity index (χ3n) is 3.77. The lowest BCUT2D eigenvalue weighted by atomic mass is 9.73. The van der Waals surface area contributed by atoms with Gasteiger partial charge in [-0.05, 0) is 18.4 Å². The summed E-state index contributed by atoms with van der Waals surface area (Å²) in [5.41, 5.74) is 7.11. The molecule has 17 heavy (non-hydrogen) atoms. The molecule has 2 rings (SSSR count). The monoisotopic (exact) mass is 234 g/mol. The van der Waals surface area contributed by atoms with Crippen LogP contribution in [0.5, 0.6) is 0 Å². The van der Waals surface area contributed by atoms with Gasteiger partial charge < -0.3 is 15.7 Å². The summed E-state index contributed by atoms with van der Waals surface area (Å²) in [6, 6.07) is 10.2. The molecule has 4 nitrogen and oxygen atoms in total. The summed E-state index contributed by atoms with van der Waals surface area (Å²) in [5.74, 6) is 0. The molecule has 0 aliphatic carbocycles. The minimum absolute atomic E-state index is 0.0484. The van der Waals surface area contributed by atoms with Crippen molar-refractivity contribution in [1.29, 1.82) is 0 Å². The van der Waals surface area contributed by atoms with Gasteiger partial charge >= 0.3 is 6.09 Å². The highest BCUT2D eigenvalue weighted by Crippen LogP contribution is 2.34. The second-order valence-corrected chi connectivity index (χ2v) is 4.62. The number of hydrogen-bond acceptors (Lipinski definition) is 2. The molecule has 1 aliphatic rings. The molecule has 0 saturated carbocycles. The summed E-state index contributed by atoms with van der Waals surface area (Å²) in [6.45, 7) is 1.72. The first-order valence-electron chi connectivity index (χ1n) is 5.91. The molecule has 0 bridgehead atoms. The molecular weight excluding hydrogens is 216 g/mol. The van der Waals surface area contributed by atoms with Crippen molar-refractivity contribution >= 4 is 6.09 Å². The van der Waals surface area contributed by atoms with Crippen LogP contribution in [0, 0.1) is 0 Å². The first kappa shape index (κ1) is 11.9. The lowest BCUT2D eigenvalue weighted by Crippen LogP contribution is -2.48. The van der Waals surface area contributed by atoms with Gasteiger partial charge in [-0.3, -0.25) is 0 Å². The molecule has 0 radical (unpaired) electrons.